The number of nitrogens with zero attached hydrogens (tertiary/aromatic N) is 1. The van der Waals surface area contributed by atoms with E-state index in [0.29, 0.717) is 19.8 Å². The lowest BCUT2D eigenvalue weighted by Crippen LogP contribution is -2.46. The second-order valence-electron chi connectivity index (χ2n) is 8.86. The summed E-state index contributed by atoms with van der Waals surface area (Å²) in [6.07, 6.45) is 13.8. The highest BCUT2D eigenvalue weighted by molar-refractivity contribution is 7.48. The van der Waals surface area contributed by atoms with Gasteiger partial charge in [-0.25, -0.2) is 4.57 Å². The third-order valence-corrected chi connectivity index (χ3v) is 6.89. The number of rotatable bonds is 21. The minimum atomic E-state index is -3.31. The van der Waals surface area contributed by atoms with Crippen molar-refractivity contribution in [2.75, 3.05) is 46.5 Å². The third kappa shape index (κ3) is 21.7. The Morgan fingerprint density at radius 3 is 1.00 bits per heavy atom. The first kappa shape index (κ1) is 33.2. The molecule has 0 saturated heterocycles. The lowest BCUT2D eigenvalue weighted by Gasteiger charge is -2.34. The average molecular weight is 467 g/mol. The molecule has 0 N–H and O–H groups in total. The molecule has 190 valence electrons. The van der Waals surface area contributed by atoms with Crippen LogP contribution in [0.15, 0.2) is 0 Å². The van der Waals surface area contributed by atoms with E-state index in [0.717, 1.165) is 38.5 Å². The van der Waals surface area contributed by atoms with Gasteiger partial charge in [-0.3, -0.25) is 13.6 Å². The highest BCUT2D eigenvalue weighted by Crippen LogP contribution is 2.49. The van der Waals surface area contributed by atoms with Crippen LogP contribution in [-0.2, 0) is 18.1 Å². The summed E-state index contributed by atoms with van der Waals surface area (Å²) < 4.78 is 29.3. The molecule has 0 aliphatic rings. The minimum Gasteiger partial charge on any atom is -0.326 e. The van der Waals surface area contributed by atoms with Gasteiger partial charge in [-0.2, -0.15) is 0 Å². The number of unbranched alkanes of at least 4 members (excludes halogenated alkanes) is 6. The van der Waals surface area contributed by atoms with Crippen LogP contribution in [0.3, 0.4) is 0 Å². The highest BCUT2D eigenvalue weighted by Gasteiger charge is 2.25. The van der Waals surface area contributed by atoms with Crippen molar-refractivity contribution in [1.29, 1.82) is 0 Å². The number of hydrogen-bond donors (Lipinski definition) is 0. The van der Waals surface area contributed by atoms with E-state index >= 15 is 0 Å². The van der Waals surface area contributed by atoms with Gasteiger partial charge in [-0.05, 0) is 38.5 Å². The maximum Gasteiger partial charge on any atom is 0.474 e. The summed E-state index contributed by atoms with van der Waals surface area (Å²) in [4.78, 5) is 0. The van der Waals surface area contributed by atoms with Gasteiger partial charge >= 0.3 is 7.82 Å². The van der Waals surface area contributed by atoms with Crippen LogP contribution in [0.1, 0.15) is 119 Å². The molecule has 0 aromatic rings. The van der Waals surface area contributed by atoms with Gasteiger partial charge in [0, 0.05) is 0 Å². The molecule has 6 heteroatoms. The van der Waals surface area contributed by atoms with Crippen molar-refractivity contribution in [3.8, 4) is 0 Å². The molecule has 0 aromatic carbocycles. The Balaban J connectivity index is 0. The van der Waals surface area contributed by atoms with Crippen molar-refractivity contribution in [3.63, 3.8) is 0 Å². The van der Waals surface area contributed by atoms with Crippen molar-refractivity contribution in [1.82, 2.24) is 0 Å². The molecule has 0 amide bonds. The van der Waals surface area contributed by atoms with Crippen molar-refractivity contribution < 1.29 is 22.6 Å². The predicted molar refractivity (Wildman–Crippen MR) is 136 cm³/mol. The fraction of sp³-hybridized carbons (Fsp3) is 1.00. The summed E-state index contributed by atoms with van der Waals surface area (Å²) in [6, 6.07) is 0. The van der Waals surface area contributed by atoms with Crippen molar-refractivity contribution >= 4 is 7.82 Å². The Bertz CT molecular complexity index is 352. The third-order valence-electron chi connectivity index (χ3n) is 5.40. The summed E-state index contributed by atoms with van der Waals surface area (Å²) in [7, 11) is -0.863. The smallest absolute Gasteiger partial charge is 0.326 e. The Hall–Kier alpha value is 0.0700. The van der Waals surface area contributed by atoms with E-state index in [2.05, 4.69) is 48.6 Å². The maximum atomic E-state index is 12.2. The zero-order valence-corrected chi connectivity index (χ0v) is 23.1. The molecular weight excluding hydrogens is 409 g/mol. The molecule has 0 rings (SSSR count). The zero-order chi connectivity index (χ0) is 23.8. The molecule has 0 atom stereocenters. The Kier molecular flexibility index (Phi) is 24.9. The van der Waals surface area contributed by atoms with Gasteiger partial charge in [0.1, 0.15) is 0 Å². The lowest BCUT2D eigenvalue weighted by atomic mass is 10.2. The largest absolute Gasteiger partial charge is 0.474 e. The van der Waals surface area contributed by atoms with Gasteiger partial charge in [0.05, 0.1) is 46.5 Å². The standard InChI is InChI=1S/C13H30N.C12H27O4P/c1-5-8-11-14(4,12-9-6-2)13-10-7-3;1-4-7-10-14-17(13,15-11-8-5-2)16-12-9-6-3/h5-13H2,1-4H3;4-12H2,1-3H3/q+1;. The second kappa shape index (κ2) is 23.2. The fourth-order valence-corrected chi connectivity index (χ4v) is 4.31. The van der Waals surface area contributed by atoms with Gasteiger partial charge < -0.3 is 4.48 Å². The van der Waals surface area contributed by atoms with Gasteiger partial charge in [0.15, 0.2) is 0 Å². The van der Waals surface area contributed by atoms with Crippen LogP contribution in [0.2, 0.25) is 0 Å². The molecule has 0 fully saturated rings. The van der Waals surface area contributed by atoms with Crippen LogP contribution in [-0.4, -0.2) is 51.0 Å². The molecule has 0 heterocycles. The van der Waals surface area contributed by atoms with E-state index < -0.39 is 7.82 Å². The first-order valence-corrected chi connectivity index (χ1v) is 14.7. The van der Waals surface area contributed by atoms with E-state index in [4.69, 9.17) is 13.6 Å². The molecular formula is C25H57NO4P+. The van der Waals surface area contributed by atoms with Gasteiger partial charge in [-0.15, -0.1) is 0 Å². The van der Waals surface area contributed by atoms with Crippen LogP contribution in [0, 0.1) is 0 Å². The maximum absolute atomic E-state index is 12.2. The quantitative estimate of drug-likeness (QED) is 0.0968. The molecule has 5 nitrogen and oxygen atoms in total. The van der Waals surface area contributed by atoms with Gasteiger partial charge in [0.2, 0.25) is 0 Å². The molecule has 0 spiro atoms. The highest BCUT2D eigenvalue weighted by atomic mass is 31.2. The summed E-state index contributed by atoms with van der Waals surface area (Å²) in [5, 5.41) is 0. The number of phosphoric ester groups is 1. The van der Waals surface area contributed by atoms with Crippen molar-refractivity contribution in [2.45, 2.75) is 119 Å². The average Bonchev–Trinajstić information content (AvgIpc) is 2.76. The summed E-state index contributed by atoms with van der Waals surface area (Å²) in [6.45, 7) is 18.5. The van der Waals surface area contributed by atoms with Crippen molar-refractivity contribution in [3.05, 3.63) is 0 Å². The monoisotopic (exact) mass is 466 g/mol. The van der Waals surface area contributed by atoms with E-state index in [1.807, 2.05) is 0 Å². The molecule has 0 bridgehead atoms. The first-order valence-electron chi connectivity index (χ1n) is 13.2. The number of quaternary nitrogens is 1. The molecule has 0 saturated carbocycles. The molecule has 0 unspecified atom stereocenters. The van der Waals surface area contributed by atoms with Gasteiger partial charge in [-0.1, -0.05) is 80.1 Å². The summed E-state index contributed by atoms with van der Waals surface area (Å²) in [5.74, 6) is 0. The normalized spacial score (nSPS) is 12.0. The number of phosphoric acid groups is 1. The molecule has 0 aliphatic heterocycles. The van der Waals surface area contributed by atoms with Crippen LogP contribution in [0.5, 0.6) is 0 Å². The topological polar surface area (TPSA) is 44.8 Å². The Morgan fingerprint density at radius 2 is 0.774 bits per heavy atom. The number of hydrogen-bond acceptors (Lipinski definition) is 4. The van der Waals surface area contributed by atoms with Gasteiger partial charge in [0.25, 0.3) is 0 Å². The van der Waals surface area contributed by atoms with Crippen LogP contribution >= 0.6 is 7.82 Å². The Labute approximate surface area is 195 Å². The molecule has 31 heavy (non-hydrogen) atoms. The summed E-state index contributed by atoms with van der Waals surface area (Å²) >= 11 is 0. The molecule has 0 aromatic heterocycles. The first-order chi connectivity index (χ1) is 14.9. The Morgan fingerprint density at radius 1 is 0.516 bits per heavy atom. The zero-order valence-electron chi connectivity index (χ0n) is 22.3. The molecule has 0 aliphatic carbocycles. The molecule has 0 radical (unpaired) electrons. The fourth-order valence-electron chi connectivity index (χ4n) is 3.03. The predicted octanol–water partition coefficient (Wildman–Crippen LogP) is 8.38. The van der Waals surface area contributed by atoms with Crippen molar-refractivity contribution in [2.24, 2.45) is 0 Å². The lowest BCUT2D eigenvalue weighted by molar-refractivity contribution is -0.910. The van der Waals surface area contributed by atoms with Crippen LogP contribution in [0.4, 0.5) is 0 Å². The van der Waals surface area contributed by atoms with Crippen LogP contribution in [0.25, 0.3) is 0 Å². The SMILES string of the molecule is CCCCOP(=O)(OCCCC)OCCCC.CCCC[N+](C)(CCCC)CCCC. The van der Waals surface area contributed by atoms with Crippen LogP contribution < -0.4 is 0 Å². The summed E-state index contributed by atoms with van der Waals surface area (Å²) in [5.41, 5.74) is 0. The van der Waals surface area contributed by atoms with E-state index in [9.17, 15) is 4.57 Å². The van der Waals surface area contributed by atoms with E-state index in [-0.39, 0.29) is 0 Å². The van der Waals surface area contributed by atoms with E-state index in [1.54, 1.807) is 0 Å². The minimum absolute atomic E-state index is 0.437. The van der Waals surface area contributed by atoms with E-state index in [1.165, 1.54) is 62.6 Å². The second-order valence-corrected chi connectivity index (χ2v) is 10.5.